The van der Waals surface area contributed by atoms with Crippen molar-refractivity contribution >= 4 is 11.9 Å². The number of hydrogen-bond donors (Lipinski definition) is 3. The van der Waals surface area contributed by atoms with Gasteiger partial charge in [-0.3, -0.25) is 9.59 Å². The molecule has 0 fully saturated rings. The van der Waals surface area contributed by atoms with Gasteiger partial charge in [-0.25, -0.2) is 0 Å². The summed E-state index contributed by atoms with van der Waals surface area (Å²) in [5.41, 5.74) is -0.955. The zero-order valence-electron chi connectivity index (χ0n) is 9.95. The first-order valence-corrected chi connectivity index (χ1v) is 5.63. The van der Waals surface area contributed by atoms with E-state index in [4.69, 9.17) is 10.2 Å². The van der Waals surface area contributed by atoms with Gasteiger partial charge < -0.3 is 15.5 Å². The van der Waals surface area contributed by atoms with Crippen molar-refractivity contribution in [3.8, 4) is 0 Å². The maximum atomic E-state index is 11.5. The summed E-state index contributed by atoms with van der Waals surface area (Å²) in [6.45, 7) is 3.96. The molecular formula is C11H21NO4. The predicted octanol–water partition coefficient (Wildman–Crippen LogP) is 0.766. The van der Waals surface area contributed by atoms with Gasteiger partial charge in [-0.1, -0.05) is 13.8 Å². The van der Waals surface area contributed by atoms with Crippen molar-refractivity contribution in [3.63, 3.8) is 0 Å². The SMILES string of the molecule is CCC(CC)(CC(=O)NCCCO)C(=O)O. The van der Waals surface area contributed by atoms with Gasteiger partial charge in [0.1, 0.15) is 0 Å². The van der Waals surface area contributed by atoms with Crippen LogP contribution in [0.25, 0.3) is 0 Å². The summed E-state index contributed by atoms with van der Waals surface area (Å²) in [7, 11) is 0. The molecule has 0 aromatic heterocycles. The molecule has 0 bridgehead atoms. The van der Waals surface area contributed by atoms with E-state index in [0.717, 1.165) is 0 Å². The summed E-state index contributed by atoms with van der Waals surface area (Å²) < 4.78 is 0. The molecule has 0 radical (unpaired) electrons. The molecule has 0 aromatic rings. The van der Waals surface area contributed by atoms with Gasteiger partial charge >= 0.3 is 5.97 Å². The maximum Gasteiger partial charge on any atom is 0.310 e. The van der Waals surface area contributed by atoms with Crippen LogP contribution in [0.3, 0.4) is 0 Å². The van der Waals surface area contributed by atoms with Crippen LogP contribution in [0, 0.1) is 5.41 Å². The lowest BCUT2D eigenvalue weighted by molar-refractivity contribution is -0.152. The predicted molar refractivity (Wildman–Crippen MR) is 60.0 cm³/mol. The zero-order valence-corrected chi connectivity index (χ0v) is 9.95. The molecular weight excluding hydrogens is 210 g/mol. The van der Waals surface area contributed by atoms with Crippen molar-refractivity contribution in [2.75, 3.05) is 13.2 Å². The van der Waals surface area contributed by atoms with Gasteiger partial charge in [0.2, 0.25) is 5.91 Å². The Hall–Kier alpha value is -1.10. The van der Waals surface area contributed by atoms with Crippen LogP contribution in [0.1, 0.15) is 39.5 Å². The fourth-order valence-electron chi connectivity index (χ4n) is 1.55. The third-order valence-corrected chi connectivity index (χ3v) is 2.96. The van der Waals surface area contributed by atoms with Crippen molar-refractivity contribution < 1.29 is 19.8 Å². The number of carbonyl (C=O) groups excluding carboxylic acids is 1. The number of nitrogens with one attached hydrogen (secondary N) is 1. The summed E-state index contributed by atoms with van der Waals surface area (Å²) in [4.78, 5) is 22.6. The van der Waals surface area contributed by atoms with Crippen LogP contribution in [0.2, 0.25) is 0 Å². The zero-order chi connectivity index (χ0) is 12.6. The molecule has 0 spiro atoms. The average molecular weight is 231 g/mol. The minimum absolute atomic E-state index is 0.000756. The second-order valence-electron chi connectivity index (χ2n) is 3.90. The van der Waals surface area contributed by atoms with E-state index in [0.29, 0.717) is 25.8 Å². The van der Waals surface area contributed by atoms with Crippen molar-refractivity contribution in [2.24, 2.45) is 5.41 Å². The van der Waals surface area contributed by atoms with Crippen LogP contribution in [0.5, 0.6) is 0 Å². The number of carboxylic acids is 1. The Morgan fingerprint density at radius 2 is 1.81 bits per heavy atom. The largest absolute Gasteiger partial charge is 0.481 e. The van der Waals surface area contributed by atoms with Gasteiger partial charge in [0.05, 0.1) is 5.41 Å². The van der Waals surface area contributed by atoms with Gasteiger partial charge in [-0.2, -0.15) is 0 Å². The van der Waals surface area contributed by atoms with Gasteiger partial charge in [-0.15, -0.1) is 0 Å². The van der Waals surface area contributed by atoms with Gasteiger partial charge in [0.15, 0.2) is 0 Å². The highest BCUT2D eigenvalue weighted by molar-refractivity contribution is 5.84. The van der Waals surface area contributed by atoms with E-state index in [1.54, 1.807) is 13.8 Å². The van der Waals surface area contributed by atoms with Crippen LogP contribution in [0.4, 0.5) is 0 Å². The van der Waals surface area contributed by atoms with Crippen LogP contribution >= 0.6 is 0 Å². The quantitative estimate of drug-likeness (QED) is 0.538. The number of aliphatic hydroxyl groups is 1. The Morgan fingerprint density at radius 1 is 1.25 bits per heavy atom. The van der Waals surface area contributed by atoms with E-state index >= 15 is 0 Å². The summed E-state index contributed by atoms with van der Waals surface area (Å²) >= 11 is 0. The normalized spacial score (nSPS) is 11.2. The second kappa shape index (κ2) is 7.22. The van der Waals surface area contributed by atoms with E-state index < -0.39 is 11.4 Å². The maximum absolute atomic E-state index is 11.5. The summed E-state index contributed by atoms with van der Waals surface area (Å²) in [5, 5.41) is 20.3. The molecule has 0 atom stereocenters. The standard InChI is InChI=1S/C11H21NO4/c1-3-11(4-2,10(15)16)8-9(14)12-6-5-7-13/h13H,3-8H2,1-2H3,(H,12,14)(H,15,16). The molecule has 0 heterocycles. The first kappa shape index (κ1) is 14.9. The Balaban J connectivity index is 4.29. The molecule has 5 nitrogen and oxygen atoms in total. The Bertz CT molecular complexity index is 236. The number of carboxylic acid groups (broad SMARTS) is 1. The Kier molecular flexibility index (Phi) is 6.72. The Morgan fingerprint density at radius 3 is 2.19 bits per heavy atom. The van der Waals surface area contributed by atoms with E-state index in [9.17, 15) is 9.59 Å². The first-order valence-electron chi connectivity index (χ1n) is 5.63. The highest BCUT2D eigenvalue weighted by Crippen LogP contribution is 2.30. The van der Waals surface area contributed by atoms with Crippen LogP contribution in [-0.4, -0.2) is 35.2 Å². The molecule has 94 valence electrons. The number of amides is 1. The second-order valence-corrected chi connectivity index (χ2v) is 3.90. The molecule has 0 saturated carbocycles. The van der Waals surface area contributed by atoms with Crippen molar-refractivity contribution in [1.82, 2.24) is 5.32 Å². The summed E-state index contributed by atoms with van der Waals surface area (Å²) in [5.74, 6) is -1.19. The molecule has 0 aliphatic rings. The molecule has 16 heavy (non-hydrogen) atoms. The molecule has 0 aliphatic heterocycles. The fourth-order valence-corrected chi connectivity index (χ4v) is 1.55. The lowest BCUT2D eigenvalue weighted by atomic mass is 9.79. The number of aliphatic carboxylic acids is 1. The minimum Gasteiger partial charge on any atom is -0.481 e. The minimum atomic E-state index is -0.955. The van der Waals surface area contributed by atoms with Crippen LogP contribution in [-0.2, 0) is 9.59 Å². The lowest BCUT2D eigenvalue weighted by Crippen LogP contribution is -2.37. The van der Waals surface area contributed by atoms with Crippen molar-refractivity contribution in [3.05, 3.63) is 0 Å². The van der Waals surface area contributed by atoms with Gasteiger partial charge in [-0.05, 0) is 19.3 Å². The molecule has 3 N–H and O–H groups in total. The molecule has 0 rings (SSSR count). The first-order chi connectivity index (χ1) is 7.52. The number of carbonyl (C=O) groups is 2. The third kappa shape index (κ3) is 4.18. The number of aliphatic hydroxyl groups excluding tert-OH is 1. The molecule has 5 heteroatoms. The smallest absolute Gasteiger partial charge is 0.310 e. The molecule has 0 aromatic carbocycles. The molecule has 0 aliphatic carbocycles. The van der Waals surface area contributed by atoms with Crippen LogP contribution in [0.15, 0.2) is 0 Å². The average Bonchev–Trinajstić information content (AvgIpc) is 2.26. The third-order valence-electron chi connectivity index (χ3n) is 2.96. The van der Waals surface area contributed by atoms with Crippen molar-refractivity contribution in [2.45, 2.75) is 39.5 Å². The summed E-state index contributed by atoms with van der Waals surface area (Å²) in [6, 6.07) is 0. The topological polar surface area (TPSA) is 86.6 Å². The van der Waals surface area contributed by atoms with E-state index in [1.165, 1.54) is 0 Å². The highest BCUT2D eigenvalue weighted by Gasteiger charge is 2.36. The van der Waals surface area contributed by atoms with Gasteiger partial charge in [0.25, 0.3) is 0 Å². The summed E-state index contributed by atoms with van der Waals surface area (Å²) in [6.07, 6.45) is 1.36. The molecule has 0 saturated heterocycles. The van der Waals surface area contributed by atoms with E-state index in [2.05, 4.69) is 5.32 Å². The number of hydrogen-bond acceptors (Lipinski definition) is 3. The number of rotatable bonds is 8. The molecule has 1 amide bonds. The van der Waals surface area contributed by atoms with Crippen LogP contribution < -0.4 is 5.32 Å². The van der Waals surface area contributed by atoms with E-state index in [1.807, 2.05) is 0 Å². The monoisotopic (exact) mass is 231 g/mol. The lowest BCUT2D eigenvalue weighted by Gasteiger charge is -2.25. The fraction of sp³-hybridized carbons (Fsp3) is 0.818. The highest BCUT2D eigenvalue weighted by atomic mass is 16.4. The van der Waals surface area contributed by atoms with Gasteiger partial charge in [0, 0.05) is 19.6 Å². The van der Waals surface area contributed by atoms with E-state index in [-0.39, 0.29) is 18.9 Å². The molecule has 0 unspecified atom stereocenters. The van der Waals surface area contributed by atoms with Crippen molar-refractivity contribution in [1.29, 1.82) is 0 Å². The Labute approximate surface area is 95.9 Å².